The van der Waals surface area contributed by atoms with Gasteiger partial charge in [0.15, 0.2) is 0 Å². The average molecular weight is 256 g/mol. The van der Waals surface area contributed by atoms with Crippen LogP contribution in [0.3, 0.4) is 0 Å². The molecule has 1 aliphatic carbocycles. The van der Waals surface area contributed by atoms with Crippen molar-refractivity contribution in [1.82, 2.24) is 9.80 Å². The SMILES string of the molecule is CN(C)CCN(CC(=O)O)C(=O)CC1CCCC1. The number of nitrogens with zero attached hydrogens (tertiary/aromatic N) is 2. The number of carboxylic acid groups (broad SMARTS) is 1. The fourth-order valence-electron chi connectivity index (χ4n) is 2.37. The molecule has 5 heteroatoms. The lowest BCUT2D eigenvalue weighted by Gasteiger charge is -2.24. The van der Waals surface area contributed by atoms with Gasteiger partial charge in [0.1, 0.15) is 6.54 Å². The van der Waals surface area contributed by atoms with Crippen LogP contribution in [0.25, 0.3) is 0 Å². The number of aliphatic carboxylic acids is 1. The first-order valence-electron chi connectivity index (χ1n) is 6.63. The van der Waals surface area contributed by atoms with Gasteiger partial charge < -0.3 is 14.9 Å². The van der Waals surface area contributed by atoms with E-state index in [-0.39, 0.29) is 12.5 Å². The van der Waals surface area contributed by atoms with Crippen LogP contribution in [0.1, 0.15) is 32.1 Å². The molecular weight excluding hydrogens is 232 g/mol. The van der Waals surface area contributed by atoms with Crippen LogP contribution >= 0.6 is 0 Å². The molecule has 0 aliphatic heterocycles. The highest BCUT2D eigenvalue weighted by Crippen LogP contribution is 2.27. The molecule has 0 atom stereocenters. The van der Waals surface area contributed by atoms with E-state index < -0.39 is 5.97 Å². The van der Waals surface area contributed by atoms with E-state index in [1.54, 1.807) is 0 Å². The second-order valence-electron chi connectivity index (χ2n) is 5.37. The molecule has 104 valence electrons. The molecule has 18 heavy (non-hydrogen) atoms. The molecular formula is C13H24N2O3. The quantitative estimate of drug-likeness (QED) is 0.739. The molecule has 0 aromatic heterocycles. The van der Waals surface area contributed by atoms with Crippen LogP contribution in [0.2, 0.25) is 0 Å². The molecule has 0 spiro atoms. The zero-order valence-electron chi connectivity index (χ0n) is 11.4. The highest BCUT2D eigenvalue weighted by Gasteiger charge is 2.23. The second kappa shape index (κ2) is 7.36. The lowest BCUT2D eigenvalue weighted by Crippen LogP contribution is -2.40. The first-order valence-corrected chi connectivity index (χ1v) is 6.63. The molecule has 1 aliphatic rings. The minimum absolute atomic E-state index is 0.00819. The lowest BCUT2D eigenvalue weighted by molar-refractivity contribution is -0.145. The predicted molar refractivity (Wildman–Crippen MR) is 69.3 cm³/mol. The minimum atomic E-state index is -0.937. The summed E-state index contributed by atoms with van der Waals surface area (Å²) in [7, 11) is 3.83. The molecule has 0 aromatic carbocycles. The number of rotatable bonds is 7. The van der Waals surface area contributed by atoms with Crippen LogP contribution in [0.5, 0.6) is 0 Å². The number of likely N-dealkylation sites (N-methyl/N-ethyl adjacent to an activating group) is 1. The Balaban J connectivity index is 2.45. The summed E-state index contributed by atoms with van der Waals surface area (Å²) in [6.45, 7) is 1.01. The number of hydrogen-bond donors (Lipinski definition) is 1. The van der Waals surface area contributed by atoms with Gasteiger partial charge >= 0.3 is 5.97 Å². The van der Waals surface area contributed by atoms with Crippen LogP contribution in [0.15, 0.2) is 0 Å². The number of hydrogen-bond acceptors (Lipinski definition) is 3. The maximum atomic E-state index is 12.1. The Kier molecular flexibility index (Phi) is 6.12. The van der Waals surface area contributed by atoms with Crippen molar-refractivity contribution in [3.63, 3.8) is 0 Å². The fourth-order valence-corrected chi connectivity index (χ4v) is 2.37. The Morgan fingerprint density at radius 1 is 1.17 bits per heavy atom. The molecule has 0 unspecified atom stereocenters. The Labute approximate surface area is 109 Å². The zero-order chi connectivity index (χ0) is 13.5. The molecule has 0 bridgehead atoms. The number of amides is 1. The van der Waals surface area contributed by atoms with Crippen molar-refractivity contribution in [3.8, 4) is 0 Å². The molecule has 0 aromatic rings. The summed E-state index contributed by atoms with van der Waals surface area (Å²) in [6, 6.07) is 0. The molecule has 1 amide bonds. The van der Waals surface area contributed by atoms with E-state index in [9.17, 15) is 9.59 Å². The maximum Gasteiger partial charge on any atom is 0.323 e. The van der Waals surface area contributed by atoms with E-state index in [0.717, 1.165) is 12.8 Å². The molecule has 1 rings (SSSR count). The van der Waals surface area contributed by atoms with Crippen molar-refractivity contribution in [2.75, 3.05) is 33.7 Å². The Morgan fingerprint density at radius 2 is 1.78 bits per heavy atom. The monoisotopic (exact) mass is 256 g/mol. The highest BCUT2D eigenvalue weighted by atomic mass is 16.4. The van der Waals surface area contributed by atoms with Gasteiger partial charge in [-0.15, -0.1) is 0 Å². The summed E-state index contributed by atoms with van der Waals surface area (Å²) in [4.78, 5) is 26.3. The van der Waals surface area contributed by atoms with Gasteiger partial charge in [-0.1, -0.05) is 12.8 Å². The van der Waals surface area contributed by atoms with Gasteiger partial charge in [-0.2, -0.15) is 0 Å². The van der Waals surface area contributed by atoms with Gasteiger partial charge in [-0.25, -0.2) is 0 Å². The first-order chi connectivity index (χ1) is 8.49. The van der Waals surface area contributed by atoms with Crippen LogP contribution in [-0.4, -0.2) is 60.5 Å². The van der Waals surface area contributed by atoms with E-state index in [4.69, 9.17) is 5.11 Å². The molecule has 1 saturated carbocycles. The van der Waals surface area contributed by atoms with E-state index in [0.29, 0.717) is 25.4 Å². The zero-order valence-corrected chi connectivity index (χ0v) is 11.4. The minimum Gasteiger partial charge on any atom is -0.480 e. The van der Waals surface area contributed by atoms with Crippen LogP contribution in [-0.2, 0) is 9.59 Å². The van der Waals surface area contributed by atoms with Crippen molar-refractivity contribution in [1.29, 1.82) is 0 Å². The molecule has 0 radical (unpaired) electrons. The van der Waals surface area contributed by atoms with E-state index in [2.05, 4.69) is 0 Å². The van der Waals surface area contributed by atoms with E-state index >= 15 is 0 Å². The number of carboxylic acids is 1. The summed E-state index contributed by atoms with van der Waals surface area (Å²) >= 11 is 0. The predicted octanol–water partition coefficient (Wildman–Crippen LogP) is 1.04. The van der Waals surface area contributed by atoms with Gasteiger partial charge in [0, 0.05) is 19.5 Å². The first kappa shape index (κ1) is 15.0. The van der Waals surface area contributed by atoms with Crippen molar-refractivity contribution in [2.45, 2.75) is 32.1 Å². The number of carbonyl (C=O) groups is 2. The average Bonchev–Trinajstić information content (AvgIpc) is 2.76. The summed E-state index contributed by atoms with van der Waals surface area (Å²) in [5, 5.41) is 8.85. The van der Waals surface area contributed by atoms with E-state index in [1.165, 1.54) is 17.7 Å². The highest BCUT2D eigenvalue weighted by molar-refractivity contribution is 5.81. The molecule has 5 nitrogen and oxygen atoms in total. The normalized spacial score (nSPS) is 16.2. The second-order valence-corrected chi connectivity index (χ2v) is 5.37. The van der Waals surface area contributed by atoms with Crippen molar-refractivity contribution in [2.24, 2.45) is 5.92 Å². The summed E-state index contributed by atoms with van der Waals surface area (Å²) < 4.78 is 0. The standard InChI is InChI=1S/C13H24N2O3/c1-14(2)7-8-15(10-13(17)18)12(16)9-11-5-3-4-6-11/h11H,3-10H2,1-2H3,(H,17,18). The lowest BCUT2D eigenvalue weighted by atomic mass is 10.0. The van der Waals surface area contributed by atoms with E-state index in [1.807, 2.05) is 19.0 Å². The molecule has 1 fully saturated rings. The summed E-state index contributed by atoms with van der Waals surface area (Å²) in [5.74, 6) is -0.479. The largest absolute Gasteiger partial charge is 0.480 e. The van der Waals surface area contributed by atoms with Crippen LogP contribution in [0, 0.1) is 5.92 Å². The van der Waals surface area contributed by atoms with Gasteiger partial charge in [-0.05, 0) is 32.9 Å². The van der Waals surface area contributed by atoms with Gasteiger partial charge in [0.05, 0.1) is 0 Å². The van der Waals surface area contributed by atoms with Crippen LogP contribution in [0.4, 0.5) is 0 Å². The van der Waals surface area contributed by atoms with Gasteiger partial charge in [0.25, 0.3) is 0 Å². The Hall–Kier alpha value is -1.10. The third-order valence-electron chi connectivity index (χ3n) is 3.43. The third-order valence-corrected chi connectivity index (χ3v) is 3.43. The number of carbonyl (C=O) groups excluding carboxylic acids is 1. The third kappa shape index (κ3) is 5.49. The summed E-state index contributed by atoms with van der Waals surface area (Å²) in [5.41, 5.74) is 0. The van der Waals surface area contributed by atoms with Gasteiger partial charge in [-0.3, -0.25) is 9.59 Å². The molecule has 1 N–H and O–H groups in total. The molecule has 0 heterocycles. The van der Waals surface area contributed by atoms with Gasteiger partial charge in [0.2, 0.25) is 5.91 Å². The summed E-state index contributed by atoms with van der Waals surface area (Å²) in [6.07, 6.45) is 5.14. The maximum absolute atomic E-state index is 12.1. The van der Waals surface area contributed by atoms with Crippen molar-refractivity contribution in [3.05, 3.63) is 0 Å². The topological polar surface area (TPSA) is 60.9 Å². The smallest absolute Gasteiger partial charge is 0.323 e. The van der Waals surface area contributed by atoms with Crippen molar-refractivity contribution < 1.29 is 14.7 Å². The molecule has 0 saturated heterocycles. The van der Waals surface area contributed by atoms with Crippen LogP contribution < -0.4 is 0 Å². The van der Waals surface area contributed by atoms with Crippen molar-refractivity contribution >= 4 is 11.9 Å². The Morgan fingerprint density at radius 3 is 2.28 bits per heavy atom. The Bertz CT molecular complexity index is 286. The fraction of sp³-hybridized carbons (Fsp3) is 0.846.